The van der Waals surface area contributed by atoms with E-state index in [1.54, 1.807) is 31.2 Å². The fraction of sp³-hybridized carbons (Fsp3) is 0.208. The van der Waals surface area contributed by atoms with E-state index < -0.39 is 22.5 Å². The molecule has 1 aromatic heterocycles. The summed E-state index contributed by atoms with van der Waals surface area (Å²) in [6, 6.07) is 8.58. The highest BCUT2D eigenvalue weighted by molar-refractivity contribution is 7.07. The highest BCUT2D eigenvalue weighted by Crippen LogP contribution is 2.35. The summed E-state index contributed by atoms with van der Waals surface area (Å²) >= 11 is 7.10. The number of nitrogens with zero attached hydrogens (tertiary/aromatic N) is 3. The molecule has 3 aromatic rings. The van der Waals surface area contributed by atoms with Crippen molar-refractivity contribution >= 4 is 40.7 Å². The molecule has 0 spiro atoms. The Labute approximate surface area is 213 Å². The Morgan fingerprint density at radius 2 is 1.81 bits per heavy atom. The lowest BCUT2D eigenvalue weighted by molar-refractivity contribution is -0.385. The molecule has 0 amide bonds. The number of allylic oxidation sites excluding steroid dienone is 1. The van der Waals surface area contributed by atoms with E-state index >= 15 is 0 Å². The normalized spacial score (nSPS) is 15.2. The third kappa shape index (κ3) is 4.38. The number of benzene rings is 2. The SMILES string of the molecule is COC(=O)C1=C(C)N=c2s/c(=C\c3cc(OC)c(OC)cc3[N+](=O)[O-])c(=O)n2[C@@H]1c1ccc(Cl)cc1. The monoisotopic (exact) mass is 529 g/mol. The highest BCUT2D eigenvalue weighted by atomic mass is 35.5. The van der Waals surface area contributed by atoms with Crippen LogP contribution in [0, 0.1) is 10.1 Å². The molecule has 36 heavy (non-hydrogen) atoms. The van der Waals surface area contributed by atoms with Crippen LogP contribution in [0.3, 0.4) is 0 Å². The van der Waals surface area contributed by atoms with Crippen molar-refractivity contribution in [3.8, 4) is 11.5 Å². The lowest BCUT2D eigenvalue weighted by Gasteiger charge is -2.24. The number of fused-ring (bicyclic) bond motifs is 1. The van der Waals surface area contributed by atoms with Crippen LogP contribution < -0.4 is 24.4 Å². The van der Waals surface area contributed by atoms with Crippen molar-refractivity contribution in [3.63, 3.8) is 0 Å². The topological polar surface area (TPSA) is 122 Å². The summed E-state index contributed by atoms with van der Waals surface area (Å²) in [5, 5.41) is 12.2. The van der Waals surface area contributed by atoms with Crippen molar-refractivity contribution in [1.29, 1.82) is 0 Å². The Kier molecular flexibility index (Phi) is 6.95. The number of carbonyl (C=O) groups excluding carboxylic acids is 1. The fourth-order valence-electron chi connectivity index (χ4n) is 3.95. The lowest BCUT2D eigenvalue weighted by Crippen LogP contribution is -2.39. The minimum absolute atomic E-state index is 0.148. The van der Waals surface area contributed by atoms with Gasteiger partial charge < -0.3 is 14.2 Å². The number of esters is 1. The van der Waals surface area contributed by atoms with Crippen molar-refractivity contribution in [2.45, 2.75) is 13.0 Å². The third-order valence-corrected chi connectivity index (χ3v) is 6.86. The van der Waals surface area contributed by atoms with Crippen LogP contribution in [0.1, 0.15) is 24.1 Å². The maximum absolute atomic E-state index is 13.6. The molecule has 1 atom stereocenters. The molecule has 0 saturated heterocycles. The van der Waals surface area contributed by atoms with Gasteiger partial charge in [0.2, 0.25) is 0 Å². The van der Waals surface area contributed by atoms with Gasteiger partial charge in [0.25, 0.3) is 11.2 Å². The van der Waals surface area contributed by atoms with Crippen molar-refractivity contribution < 1.29 is 23.9 Å². The van der Waals surface area contributed by atoms with E-state index in [2.05, 4.69) is 4.99 Å². The summed E-state index contributed by atoms with van der Waals surface area (Å²) in [6.45, 7) is 1.66. The molecule has 0 fully saturated rings. The van der Waals surface area contributed by atoms with Gasteiger partial charge in [-0.3, -0.25) is 19.5 Å². The molecule has 186 valence electrons. The number of nitro benzene ring substituents is 1. The largest absolute Gasteiger partial charge is 0.493 e. The first-order valence-electron chi connectivity index (χ1n) is 10.5. The average molecular weight is 530 g/mol. The first-order valence-corrected chi connectivity index (χ1v) is 11.7. The number of aromatic nitrogens is 1. The van der Waals surface area contributed by atoms with E-state index in [4.69, 9.17) is 25.8 Å². The fourth-order valence-corrected chi connectivity index (χ4v) is 5.12. The zero-order valence-corrected chi connectivity index (χ0v) is 21.2. The number of ether oxygens (including phenoxy) is 3. The predicted molar refractivity (Wildman–Crippen MR) is 133 cm³/mol. The number of rotatable bonds is 6. The smallest absolute Gasteiger partial charge is 0.338 e. The van der Waals surface area contributed by atoms with E-state index in [1.807, 2.05) is 0 Å². The molecule has 0 bridgehead atoms. The van der Waals surface area contributed by atoms with E-state index in [9.17, 15) is 19.7 Å². The highest BCUT2D eigenvalue weighted by Gasteiger charge is 2.33. The summed E-state index contributed by atoms with van der Waals surface area (Å²) < 4.78 is 17.0. The molecule has 0 unspecified atom stereocenters. The number of methoxy groups -OCH3 is 3. The van der Waals surface area contributed by atoms with Gasteiger partial charge in [-0.2, -0.15) is 0 Å². The number of hydrogen-bond acceptors (Lipinski definition) is 9. The molecule has 1 aliphatic rings. The van der Waals surface area contributed by atoms with Crippen molar-refractivity contribution in [1.82, 2.24) is 4.57 Å². The molecule has 12 heteroatoms. The summed E-state index contributed by atoms with van der Waals surface area (Å²) in [4.78, 5) is 42.3. The van der Waals surface area contributed by atoms with Crippen LogP contribution >= 0.6 is 22.9 Å². The van der Waals surface area contributed by atoms with Crippen LogP contribution in [0.4, 0.5) is 5.69 Å². The summed E-state index contributed by atoms with van der Waals surface area (Å²) in [5.74, 6) is -0.171. The summed E-state index contributed by atoms with van der Waals surface area (Å²) in [7, 11) is 4.03. The zero-order chi connectivity index (χ0) is 26.1. The summed E-state index contributed by atoms with van der Waals surface area (Å²) in [5.41, 5.74) is 0.632. The maximum Gasteiger partial charge on any atom is 0.338 e. The number of thiazole rings is 1. The van der Waals surface area contributed by atoms with Crippen LogP contribution in [-0.4, -0.2) is 36.8 Å². The number of hydrogen-bond donors (Lipinski definition) is 0. The molecule has 1 aliphatic heterocycles. The van der Waals surface area contributed by atoms with Crippen LogP contribution in [0.15, 0.2) is 57.5 Å². The second kappa shape index (κ2) is 9.96. The molecule has 10 nitrogen and oxygen atoms in total. The Bertz CT molecular complexity index is 1590. The Morgan fingerprint density at radius 3 is 2.39 bits per heavy atom. The van der Waals surface area contributed by atoms with E-state index in [0.29, 0.717) is 21.1 Å². The number of nitro groups is 1. The molecule has 4 rings (SSSR count). The first kappa shape index (κ1) is 25.1. The van der Waals surface area contributed by atoms with Gasteiger partial charge in [0, 0.05) is 5.02 Å². The van der Waals surface area contributed by atoms with E-state index in [0.717, 1.165) is 11.3 Å². The van der Waals surface area contributed by atoms with Crippen molar-refractivity contribution in [2.24, 2.45) is 4.99 Å². The van der Waals surface area contributed by atoms with Crippen LogP contribution in [-0.2, 0) is 9.53 Å². The number of carbonyl (C=O) groups is 1. The van der Waals surface area contributed by atoms with Crippen LogP contribution in [0.25, 0.3) is 6.08 Å². The Hall–Kier alpha value is -3.96. The molecule has 2 aromatic carbocycles. The van der Waals surface area contributed by atoms with Crippen LogP contribution in [0.2, 0.25) is 5.02 Å². The van der Waals surface area contributed by atoms with Crippen molar-refractivity contribution in [3.05, 3.63) is 93.6 Å². The van der Waals surface area contributed by atoms with E-state index in [1.165, 1.54) is 44.1 Å². The second-order valence-electron chi connectivity index (χ2n) is 7.65. The molecule has 0 aliphatic carbocycles. The van der Waals surface area contributed by atoms with E-state index in [-0.39, 0.29) is 32.9 Å². The zero-order valence-electron chi connectivity index (χ0n) is 19.6. The Morgan fingerprint density at radius 1 is 1.17 bits per heavy atom. The van der Waals surface area contributed by atoms with Gasteiger partial charge in [-0.25, -0.2) is 9.79 Å². The predicted octanol–water partition coefficient (Wildman–Crippen LogP) is 2.99. The lowest BCUT2D eigenvalue weighted by atomic mass is 9.96. The minimum Gasteiger partial charge on any atom is -0.493 e. The average Bonchev–Trinajstić information content (AvgIpc) is 3.16. The summed E-state index contributed by atoms with van der Waals surface area (Å²) in [6.07, 6.45) is 1.40. The van der Waals surface area contributed by atoms with Gasteiger partial charge in [0.1, 0.15) is 0 Å². The molecule has 0 N–H and O–H groups in total. The first-order chi connectivity index (χ1) is 17.2. The third-order valence-electron chi connectivity index (χ3n) is 5.63. The van der Waals surface area contributed by atoms with Gasteiger partial charge >= 0.3 is 5.97 Å². The maximum atomic E-state index is 13.6. The minimum atomic E-state index is -0.825. The molecule has 0 radical (unpaired) electrons. The van der Waals surface area contributed by atoms with Crippen LogP contribution in [0.5, 0.6) is 11.5 Å². The van der Waals surface area contributed by atoms with Crippen molar-refractivity contribution in [2.75, 3.05) is 21.3 Å². The van der Waals surface area contributed by atoms with Gasteiger partial charge in [-0.05, 0) is 36.8 Å². The van der Waals surface area contributed by atoms with Gasteiger partial charge in [-0.15, -0.1) is 0 Å². The Balaban J connectivity index is 2.00. The molecule has 2 heterocycles. The quantitative estimate of drug-likeness (QED) is 0.273. The van der Waals surface area contributed by atoms with Gasteiger partial charge in [-0.1, -0.05) is 35.1 Å². The number of halogens is 1. The van der Waals surface area contributed by atoms with Gasteiger partial charge in [0.05, 0.1) is 59.7 Å². The molecular weight excluding hydrogens is 510 g/mol. The molecule has 0 saturated carbocycles. The molecular formula is C24H20ClN3O7S. The van der Waals surface area contributed by atoms with Gasteiger partial charge in [0.15, 0.2) is 16.3 Å². The standard InChI is InChI=1S/C24H20ClN3O7S/c1-12-20(23(30)35-4)21(13-5-7-15(25)8-6-13)27-22(29)19(36-24(27)26-12)10-14-9-17(33-2)18(34-3)11-16(14)28(31)32/h5-11,21H,1-4H3/b19-10-/t21-/m1/s1. The second-order valence-corrected chi connectivity index (χ2v) is 9.09.